The van der Waals surface area contributed by atoms with Gasteiger partial charge in [0.1, 0.15) is 10.6 Å². The number of aromatic amines is 1. The van der Waals surface area contributed by atoms with E-state index in [1.807, 2.05) is 24.3 Å². The molecule has 2 rings (SSSR count). The average Bonchev–Trinajstić information content (AvgIpc) is 2.84. The fourth-order valence-corrected chi connectivity index (χ4v) is 3.88. The molecule has 0 radical (unpaired) electrons. The molecule has 0 fully saturated rings. The molecule has 0 aliphatic carbocycles. The number of para-hydroxylation sites is 1. The van der Waals surface area contributed by atoms with E-state index in [1.54, 1.807) is 28.0 Å². The molecule has 0 aliphatic heterocycles. The maximum absolute atomic E-state index is 12.6. The number of likely N-dealkylation sites (N-methyl/N-ethyl adjacent to an activating group) is 1. The van der Waals surface area contributed by atoms with Crippen LogP contribution in [-0.2, 0) is 16.4 Å². The molecule has 22 heavy (non-hydrogen) atoms. The number of hydrogen-bond acceptors (Lipinski definition) is 4. The highest BCUT2D eigenvalue weighted by molar-refractivity contribution is 7.89. The summed E-state index contributed by atoms with van der Waals surface area (Å²) >= 11 is 0. The molecule has 7 heteroatoms. The normalized spacial score (nSPS) is 11.9. The van der Waals surface area contributed by atoms with Crippen molar-refractivity contribution in [1.82, 2.24) is 14.5 Å². The molecule has 1 aromatic heterocycles. The second-order valence-electron chi connectivity index (χ2n) is 5.15. The highest BCUT2D eigenvalue weighted by atomic mass is 32.2. The summed E-state index contributed by atoms with van der Waals surface area (Å²) in [6.45, 7) is 3.76. The van der Waals surface area contributed by atoms with Crippen LogP contribution in [0.4, 0.5) is 0 Å². The number of aromatic nitrogens is 2. The summed E-state index contributed by atoms with van der Waals surface area (Å²) in [4.78, 5) is 0.259. The van der Waals surface area contributed by atoms with Gasteiger partial charge < -0.3 is 4.74 Å². The molecule has 2 aromatic rings. The van der Waals surface area contributed by atoms with Gasteiger partial charge in [0.05, 0.1) is 18.5 Å². The van der Waals surface area contributed by atoms with E-state index in [1.165, 1.54) is 4.31 Å². The number of rotatable bonds is 6. The van der Waals surface area contributed by atoms with Crippen molar-refractivity contribution in [2.45, 2.75) is 25.2 Å². The lowest BCUT2D eigenvalue weighted by atomic mass is 10.1. The van der Waals surface area contributed by atoms with Gasteiger partial charge >= 0.3 is 0 Å². The van der Waals surface area contributed by atoms with E-state index in [4.69, 9.17) is 4.74 Å². The van der Waals surface area contributed by atoms with Crippen LogP contribution in [-0.4, -0.2) is 43.6 Å². The Balaban J connectivity index is 2.17. The summed E-state index contributed by atoms with van der Waals surface area (Å²) in [6, 6.07) is 7.61. The Bertz CT molecular complexity index is 734. The van der Waals surface area contributed by atoms with Gasteiger partial charge in [-0.25, -0.2) is 12.7 Å². The first kappa shape index (κ1) is 16.5. The molecule has 1 heterocycles. The van der Waals surface area contributed by atoms with E-state index in [-0.39, 0.29) is 4.90 Å². The van der Waals surface area contributed by atoms with Gasteiger partial charge in [0.2, 0.25) is 10.0 Å². The highest BCUT2D eigenvalue weighted by Gasteiger charge is 2.26. The summed E-state index contributed by atoms with van der Waals surface area (Å²) in [5, 5.41) is 6.67. The van der Waals surface area contributed by atoms with Gasteiger partial charge in [0, 0.05) is 13.6 Å². The van der Waals surface area contributed by atoms with Gasteiger partial charge in [-0.1, -0.05) is 18.2 Å². The van der Waals surface area contributed by atoms with Crippen molar-refractivity contribution in [3.63, 3.8) is 0 Å². The molecule has 0 saturated heterocycles. The first-order valence-electron chi connectivity index (χ1n) is 6.97. The van der Waals surface area contributed by atoms with Gasteiger partial charge in [-0.15, -0.1) is 0 Å². The minimum Gasteiger partial charge on any atom is -0.496 e. The Morgan fingerprint density at radius 3 is 2.55 bits per heavy atom. The van der Waals surface area contributed by atoms with Crippen LogP contribution in [0.15, 0.2) is 29.2 Å². The quantitative estimate of drug-likeness (QED) is 0.881. The van der Waals surface area contributed by atoms with Gasteiger partial charge in [-0.05, 0) is 31.9 Å². The van der Waals surface area contributed by atoms with Crippen molar-refractivity contribution in [3.05, 3.63) is 41.2 Å². The Kier molecular flexibility index (Phi) is 4.87. The third-order valence-electron chi connectivity index (χ3n) is 3.62. The van der Waals surface area contributed by atoms with Crippen LogP contribution >= 0.6 is 0 Å². The lowest BCUT2D eigenvalue weighted by Gasteiger charge is -2.18. The van der Waals surface area contributed by atoms with E-state index in [9.17, 15) is 8.42 Å². The van der Waals surface area contributed by atoms with Gasteiger partial charge in [-0.2, -0.15) is 5.10 Å². The number of nitrogens with zero attached hydrogens (tertiary/aromatic N) is 2. The second kappa shape index (κ2) is 6.50. The van der Waals surface area contributed by atoms with Crippen LogP contribution in [0.1, 0.15) is 17.0 Å². The third kappa shape index (κ3) is 3.15. The molecule has 0 unspecified atom stereocenters. The van der Waals surface area contributed by atoms with E-state index >= 15 is 0 Å². The van der Waals surface area contributed by atoms with Gasteiger partial charge in [-0.3, -0.25) is 5.10 Å². The Morgan fingerprint density at radius 2 is 1.95 bits per heavy atom. The molecule has 6 nitrogen and oxygen atoms in total. The number of methoxy groups -OCH3 is 1. The summed E-state index contributed by atoms with van der Waals surface area (Å²) < 4.78 is 31.9. The Hall–Kier alpha value is -1.86. The molecule has 120 valence electrons. The number of H-pyrrole nitrogens is 1. The second-order valence-corrected chi connectivity index (χ2v) is 7.13. The highest BCUT2D eigenvalue weighted by Crippen LogP contribution is 2.22. The van der Waals surface area contributed by atoms with Crippen molar-refractivity contribution in [3.8, 4) is 5.75 Å². The molecule has 0 aliphatic rings. The standard InChI is InChI=1S/C15H21N3O3S/c1-11-15(12(2)17-16-11)22(19,20)18(3)10-9-13-7-5-6-8-14(13)21-4/h5-8H,9-10H2,1-4H3,(H,16,17). The predicted molar refractivity (Wildman–Crippen MR) is 84.6 cm³/mol. The van der Waals surface area contributed by atoms with E-state index in [2.05, 4.69) is 10.2 Å². The van der Waals surface area contributed by atoms with E-state index < -0.39 is 10.0 Å². The average molecular weight is 323 g/mol. The van der Waals surface area contributed by atoms with Crippen LogP contribution in [0, 0.1) is 13.8 Å². The largest absolute Gasteiger partial charge is 0.496 e. The lowest BCUT2D eigenvalue weighted by Crippen LogP contribution is -2.29. The monoisotopic (exact) mass is 323 g/mol. The third-order valence-corrected chi connectivity index (χ3v) is 5.74. The number of nitrogens with one attached hydrogen (secondary N) is 1. The zero-order valence-electron chi connectivity index (χ0n) is 13.3. The maximum atomic E-state index is 12.6. The SMILES string of the molecule is COc1ccccc1CCN(C)S(=O)(=O)c1c(C)n[nH]c1C. The van der Waals surface area contributed by atoms with Crippen molar-refractivity contribution in [1.29, 1.82) is 0 Å². The number of aryl methyl sites for hydroxylation is 2. The number of hydrogen-bond donors (Lipinski definition) is 1. The van der Waals surface area contributed by atoms with E-state index in [0.717, 1.165) is 11.3 Å². The van der Waals surface area contributed by atoms with Crippen LogP contribution in [0.25, 0.3) is 0 Å². The van der Waals surface area contributed by atoms with Crippen molar-refractivity contribution in [2.24, 2.45) is 0 Å². The van der Waals surface area contributed by atoms with E-state index in [0.29, 0.717) is 24.4 Å². The van der Waals surface area contributed by atoms with Crippen molar-refractivity contribution >= 4 is 10.0 Å². The molecule has 0 atom stereocenters. The predicted octanol–water partition coefficient (Wildman–Crippen LogP) is 1.90. The van der Waals surface area contributed by atoms with Crippen LogP contribution in [0.2, 0.25) is 0 Å². The number of benzene rings is 1. The Morgan fingerprint density at radius 1 is 1.27 bits per heavy atom. The minimum atomic E-state index is -3.55. The first-order valence-corrected chi connectivity index (χ1v) is 8.41. The maximum Gasteiger partial charge on any atom is 0.246 e. The molecular formula is C15H21N3O3S. The lowest BCUT2D eigenvalue weighted by molar-refractivity contribution is 0.405. The Labute approximate surface area is 131 Å². The molecular weight excluding hydrogens is 302 g/mol. The molecule has 0 amide bonds. The van der Waals surface area contributed by atoms with Gasteiger partial charge in [0.25, 0.3) is 0 Å². The summed E-state index contributed by atoms with van der Waals surface area (Å²) in [5.74, 6) is 0.768. The first-order chi connectivity index (χ1) is 10.4. The number of ether oxygens (including phenoxy) is 1. The smallest absolute Gasteiger partial charge is 0.246 e. The number of sulfonamides is 1. The van der Waals surface area contributed by atoms with Crippen molar-refractivity contribution in [2.75, 3.05) is 20.7 Å². The fourth-order valence-electron chi connectivity index (χ4n) is 2.38. The molecule has 0 spiro atoms. The van der Waals surface area contributed by atoms with Crippen LogP contribution in [0.5, 0.6) is 5.75 Å². The van der Waals surface area contributed by atoms with Gasteiger partial charge in [0.15, 0.2) is 0 Å². The topological polar surface area (TPSA) is 75.3 Å². The summed E-state index contributed by atoms with van der Waals surface area (Å²) in [5.41, 5.74) is 2.02. The van der Waals surface area contributed by atoms with Crippen LogP contribution < -0.4 is 4.74 Å². The zero-order valence-corrected chi connectivity index (χ0v) is 14.1. The summed E-state index contributed by atoms with van der Waals surface area (Å²) in [6.07, 6.45) is 0.579. The van der Waals surface area contributed by atoms with Crippen LogP contribution in [0.3, 0.4) is 0 Å². The summed E-state index contributed by atoms with van der Waals surface area (Å²) in [7, 11) is -0.359. The zero-order chi connectivity index (χ0) is 16.3. The minimum absolute atomic E-state index is 0.259. The molecule has 1 N–H and O–H groups in total. The molecule has 0 saturated carbocycles. The fraction of sp³-hybridized carbons (Fsp3) is 0.400. The molecule has 1 aromatic carbocycles. The molecule has 0 bridgehead atoms. The van der Waals surface area contributed by atoms with Crippen molar-refractivity contribution < 1.29 is 13.2 Å².